The summed E-state index contributed by atoms with van der Waals surface area (Å²) in [5, 5.41) is 1.56. The smallest absolute Gasteiger partial charge is 0.237 e. The fourth-order valence-electron chi connectivity index (χ4n) is 4.10. The van der Waals surface area contributed by atoms with Gasteiger partial charge in [-0.2, -0.15) is 0 Å². The summed E-state index contributed by atoms with van der Waals surface area (Å²) < 4.78 is 15.5. The molecule has 0 bridgehead atoms. The zero-order valence-corrected chi connectivity index (χ0v) is 18.3. The van der Waals surface area contributed by atoms with Crippen LogP contribution in [0.5, 0.6) is 0 Å². The third-order valence-corrected chi connectivity index (χ3v) is 9.41. The molecule has 0 saturated heterocycles. The van der Waals surface area contributed by atoms with Crippen LogP contribution in [0, 0.1) is 0 Å². The molecule has 0 spiro atoms. The van der Waals surface area contributed by atoms with Crippen molar-refractivity contribution in [2.45, 2.75) is 12.3 Å². The molecular formula is C23H21BrNO2P. The minimum atomic E-state index is -3.04. The van der Waals surface area contributed by atoms with Gasteiger partial charge in [0.15, 0.2) is 0 Å². The Labute approximate surface area is 173 Å². The summed E-state index contributed by atoms with van der Waals surface area (Å²) in [7, 11) is -1.25. The van der Waals surface area contributed by atoms with E-state index >= 15 is 0 Å². The van der Waals surface area contributed by atoms with Crippen LogP contribution < -0.4 is 15.5 Å². The lowest BCUT2D eigenvalue weighted by atomic mass is 9.86. The van der Waals surface area contributed by atoms with Gasteiger partial charge in [0.1, 0.15) is 7.14 Å². The number of benzene rings is 3. The number of hydrogen-bond acceptors (Lipinski definition) is 2. The zero-order chi connectivity index (χ0) is 19.9. The number of amides is 1. The molecule has 1 aliphatic heterocycles. The van der Waals surface area contributed by atoms with E-state index in [0.29, 0.717) is 0 Å². The van der Waals surface area contributed by atoms with E-state index in [9.17, 15) is 9.36 Å². The van der Waals surface area contributed by atoms with E-state index in [2.05, 4.69) is 15.9 Å². The average Bonchev–Trinajstić information content (AvgIpc) is 2.90. The number of anilines is 1. The summed E-state index contributed by atoms with van der Waals surface area (Å²) in [5.74, 6) is -0.0207. The van der Waals surface area contributed by atoms with Gasteiger partial charge in [0.05, 0.1) is 5.41 Å². The quantitative estimate of drug-likeness (QED) is 0.537. The SMILES string of the molecule is CN1C(=O)C(C)(CP(=O)(c2ccccc2)c2ccccc2)c2cc(Br)ccc21. The molecule has 0 fully saturated rings. The molecule has 3 nitrogen and oxygen atoms in total. The van der Waals surface area contributed by atoms with Crippen LogP contribution >= 0.6 is 23.1 Å². The number of hydrogen-bond donors (Lipinski definition) is 0. The van der Waals surface area contributed by atoms with Crippen molar-refractivity contribution in [3.05, 3.63) is 88.9 Å². The number of rotatable bonds is 4. The van der Waals surface area contributed by atoms with Gasteiger partial charge in [0.2, 0.25) is 5.91 Å². The van der Waals surface area contributed by atoms with Gasteiger partial charge in [-0.1, -0.05) is 76.6 Å². The highest BCUT2D eigenvalue weighted by Crippen LogP contribution is 2.53. The molecule has 1 unspecified atom stereocenters. The van der Waals surface area contributed by atoms with Crippen molar-refractivity contribution in [2.75, 3.05) is 18.1 Å². The van der Waals surface area contributed by atoms with Gasteiger partial charge in [-0.25, -0.2) is 0 Å². The first-order chi connectivity index (χ1) is 13.4. The topological polar surface area (TPSA) is 37.4 Å². The van der Waals surface area contributed by atoms with Gasteiger partial charge in [-0.3, -0.25) is 4.79 Å². The Hall–Kier alpha value is -2.16. The average molecular weight is 454 g/mol. The molecule has 142 valence electrons. The van der Waals surface area contributed by atoms with Crippen LogP contribution in [-0.4, -0.2) is 19.1 Å². The van der Waals surface area contributed by atoms with Crippen molar-refractivity contribution in [2.24, 2.45) is 0 Å². The van der Waals surface area contributed by atoms with Gasteiger partial charge >= 0.3 is 0 Å². The maximum absolute atomic E-state index is 14.5. The highest BCUT2D eigenvalue weighted by molar-refractivity contribution is 9.10. The minimum absolute atomic E-state index is 0.0207. The number of nitrogens with zero attached hydrogens (tertiary/aromatic N) is 1. The monoisotopic (exact) mass is 453 g/mol. The van der Waals surface area contributed by atoms with Gasteiger partial charge in [-0.15, -0.1) is 0 Å². The number of carbonyl (C=O) groups is 1. The first kappa shape index (κ1) is 19.2. The van der Waals surface area contributed by atoms with Crippen LogP contribution in [0.15, 0.2) is 83.3 Å². The lowest BCUT2D eigenvalue weighted by Crippen LogP contribution is -2.41. The molecule has 1 atom stereocenters. The lowest BCUT2D eigenvalue weighted by molar-refractivity contribution is -0.121. The standard InChI is InChI=1S/C23H21BrNO2P/c1-23(20-15-17(24)13-14-21(20)25(2)22(23)26)16-28(27,18-9-5-3-6-10-18)19-11-7-4-8-12-19/h3-15H,16H2,1-2H3. The molecule has 3 aromatic rings. The molecule has 0 radical (unpaired) electrons. The first-order valence-corrected chi connectivity index (χ1v) is 11.8. The second-order valence-electron chi connectivity index (χ2n) is 7.43. The Bertz CT molecular complexity index is 1040. The van der Waals surface area contributed by atoms with E-state index in [1.807, 2.05) is 85.8 Å². The van der Waals surface area contributed by atoms with Crippen LogP contribution in [0.1, 0.15) is 12.5 Å². The van der Waals surface area contributed by atoms with E-state index in [1.165, 1.54) is 0 Å². The lowest BCUT2D eigenvalue weighted by Gasteiger charge is -2.30. The number of fused-ring (bicyclic) bond motifs is 1. The van der Waals surface area contributed by atoms with Gasteiger partial charge in [-0.05, 0) is 30.7 Å². The van der Waals surface area contributed by atoms with Crippen LogP contribution in [0.4, 0.5) is 5.69 Å². The highest BCUT2D eigenvalue weighted by atomic mass is 79.9. The van der Waals surface area contributed by atoms with Crippen molar-refractivity contribution in [1.82, 2.24) is 0 Å². The molecule has 0 aliphatic carbocycles. The van der Waals surface area contributed by atoms with Crippen molar-refractivity contribution in [3.8, 4) is 0 Å². The second kappa shape index (κ2) is 7.02. The Kier molecular flexibility index (Phi) is 4.81. The predicted molar refractivity (Wildman–Crippen MR) is 120 cm³/mol. The fourth-order valence-corrected chi connectivity index (χ4v) is 7.63. The van der Waals surface area contributed by atoms with Crippen LogP contribution in [0.25, 0.3) is 0 Å². The Balaban J connectivity index is 1.90. The highest BCUT2D eigenvalue weighted by Gasteiger charge is 2.50. The van der Waals surface area contributed by atoms with E-state index in [1.54, 1.807) is 11.9 Å². The third-order valence-electron chi connectivity index (χ3n) is 5.58. The van der Waals surface area contributed by atoms with E-state index < -0.39 is 12.6 Å². The Morgan fingerprint density at radius 1 is 0.929 bits per heavy atom. The summed E-state index contributed by atoms with van der Waals surface area (Å²) in [6.45, 7) is 1.92. The molecule has 3 aromatic carbocycles. The molecule has 0 N–H and O–H groups in total. The molecule has 0 saturated carbocycles. The summed E-state index contributed by atoms with van der Waals surface area (Å²) in [6.07, 6.45) is 0.251. The summed E-state index contributed by atoms with van der Waals surface area (Å²) >= 11 is 3.53. The maximum Gasteiger partial charge on any atom is 0.237 e. The van der Waals surface area contributed by atoms with Crippen LogP contribution in [0.3, 0.4) is 0 Å². The van der Waals surface area contributed by atoms with Crippen molar-refractivity contribution in [1.29, 1.82) is 0 Å². The number of carbonyl (C=O) groups excluding carboxylic acids is 1. The van der Waals surface area contributed by atoms with E-state index in [4.69, 9.17) is 0 Å². The van der Waals surface area contributed by atoms with E-state index in [-0.39, 0.29) is 12.1 Å². The van der Waals surface area contributed by atoms with Crippen molar-refractivity contribution >= 4 is 45.3 Å². The largest absolute Gasteiger partial charge is 0.314 e. The minimum Gasteiger partial charge on any atom is -0.314 e. The number of likely N-dealkylation sites (N-methyl/N-ethyl adjacent to an activating group) is 1. The molecular weight excluding hydrogens is 433 g/mol. The van der Waals surface area contributed by atoms with E-state index in [0.717, 1.165) is 26.3 Å². The first-order valence-electron chi connectivity index (χ1n) is 9.15. The van der Waals surface area contributed by atoms with Gasteiger partial charge in [0, 0.05) is 34.0 Å². The van der Waals surface area contributed by atoms with Gasteiger partial charge in [0.25, 0.3) is 0 Å². The molecule has 4 rings (SSSR count). The summed E-state index contributed by atoms with van der Waals surface area (Å²) in [4.78, 5) is 15.0. The fraction of sp³-hybridized carbons (Fsp3) is 0.174. The second-order valence-corrected chi connectivity index (χ2v) is 11.2. The zero-order valence-electron chi connectivity index (χ0n) is 15.8. The number of halogens is 1. The van der Waals surface area contributed by atoms with Crippen LogP contribution in [0.2, 0.25) is 0 Å². The Morgan fingerprint density at radius 2 is 1.46 bits per heavy atom. The maximum atomic E-state index is 14.5. The molecule has 28 heavy (non-hydrogen) atoms. The molecule has 5 heteroatoms. The molecule has 1 aliphatic rings. The predicted octanol–water partition coefficient (Wildman–Crippen LogP) is 4.70. The summed E-state index contributed by atoms with van der Waals surface area (Å²) in [5.41, 5.74) is 0.930. The molecule has 1 heterocycles. The van der Waals surface area contributed by atoms with Crippen LogP contribution in [-0.2, 0) is 14.8 Å². The van der Waals surface area contributed by atoms with Crippen molar-refractivity contribution < 1.29 is 9.36 Å². The molecule has 0 aromatic heterocycles. The van der Waals surface area contributed by atoms with Gasteiger partial charge < -0.3 is 9.46 Å². The normalized spacial score (nSPS) is 19.0. The van der Waals surface area contributed by atoms with Crippen molar-refractivity contribution in [3.63, 3.8) is 0 Å². The Morgan fingerprint density at radius 3 is 2.00 bits per heavy atom. The summed E-state index contributed by atoms with van der Waals surface area (Å²) in [6, 6.07) is 24.9. The third kappa shape index (κ3) is 2.96. The molecule has 1 amide bonds.